The number of alkyl halides is 1. The Bertz CT molecular complexity index is 498. The van der Waals surface area contributed by atoms with Gasteiger partial charge in [-0.25, -0.2) is 4.98 Å². The summed E-state index contributed by atoms with van der Waals surface area (Å²) in [5, 5.41) is 0. The molecule has 0 radical (unpaired) electrons. The van der Waals surface area contributed by atoms with Gasteiger partial charge in [-0.2, -0.15) is 0 Å². The Morgan fingerprint density at radius 1 is 1.50 bits per heavy atom. The average Bonchev–Trinajstić information content (AvgIpc) is 2.77. The molecule has 1 aromatic heterocycles. The van der Waals surface area contributed by atoms with Crippen LogP contribution < -0.4 is 4.74 Å². The van der Waals surface area contributed by atoms with E-state index < -0.39 is 0 Å². The first-order valence-electron chi connectivity index (χ1n) is 4.59. The van der Waals surface area contributed by atoms with Crippen LogP contribution in [-0.4, -0.2) is 12.1 Å². The van der Waals surface area contributed by atoms with Crippen molar-refractivity contribution in [3.05, 3.63) is 34.6 Å². The SMILES string of the molecule is COc1ccc(-c2nc(CCl)co2)cc1Br. The predicted octanol–water partition coefficient (Wildman–Crippen LogP) is 3.85. The lowest BCUT2D eigenvalue weighted by Gasteiger charge is -2.03. The molecule has 0 atom stereocenters. The highest BCUT2D eigenvalue weighted by Gasteiger charge is 2.08. The number of oxazole rings is 1. The maximum absolute atomic E-state index is 5.65. The number of hydrogen-bond donors (Lipinski definition) is 0. The molecule has 0 aliphatic rings. The van der Waals surface area contributed by atoms with Gasteiger partial charge in [0, 0.05) is 5.56 Å². The number of methoxy groups -OCH3 is 1. The van der Waals surface area contributed by atoms with Gasteiger partial charge in [0.25, 0.3) is 0 Å². The molecule has 3 nitrogen and oxygen atoms in total. The third-order valence-corrected chi connectivity index (χ3v) is 2.98. The average molecular weight is 303 g/mol. The van der Waals surface area contributed by atoms with E-state index in [1.807, 2.05) is 18.2 Å². The fourth-order valence-electron chi connectivity index (χ4n) is 1.30. The number of nitrogens with zero attached hydrogens (tertiary/aromatic N) is 1. The van der Waals surface area contributed by atoms with Gasteiger partial charge in [-0.05, 0) is 34.1 Å². The molecule has 2 rings (SSSR count). The van der Waals surface area contributed by atoms with Crippen molar-refractivity contribution in [2.24, 2.45) is 0 Å². The summed E-state index contributed by atoms with van der Waals surface area (Å²) in [5.74, 6) is 1.67. The molecule has 0 aliphatic carbocycles. The molecule has 2 aromatic rings. The second-order valence-electron chi connectivity index (χ2n) is 3.13. The second-order valence-corrected chi connectivity index (χ2v) is 4.25. The van der Waals surface area contributed by atoms with Gasteiger partial charge in [0.2, 0.25) is 5.89 Å². The zero-order valence-electron chi connectivity index (χ0n) is 8.54. The Balaban J connectivity index is 2.37. The predicted molar refractivity (Wildman–Crippen MR) is 65.7 cm³/mol. The van der Waals surface area contributed by atoms with Crippen LogP contribution >= 0.6 is 27.5 Å². The monoisotopic (exact) mass is 301 g/mol. The summed E-state index contributed by atoms with van der Waals surface area (Å²) in [6, 6.07) is 5.63. The molecular formula is C11H9BrClNO2. The third kappa shape index (κ3) is 2.23. The molecule has 1 aromatic carbocycles. The first kappa shape index (κ1) is 11.5. The molecular weight excluding hydrogens is 293 g/mol. The van der Waals surface area contributed by atoms with Crippen LogP contribution in [0.15, 0.2) is 33.4 Å². The molecule has 84 valence electrons. The fraction of sp³-hybridized carbons (Fsp3) is 0.182. The number of halogens is 2. The first-order valence-corrected chi connectivity index (χ1v) is 5.91. The second kappa shape index (κ2) is 4.89. The van der Waals surface area contributed by atoms with Crippen molar-refractivity contribution in [1.29, 1.82) is 0 Å². The van der Waals surface area contributed by atoms with E-state index in [-0.39, 0.29) is 0 Å². The number of benzene rings is 1. The van der Waals surface area contributed by atoms with E-state index in [0.29, 0.717) is 11.8 Å². The highest BCUT2D eigenvalue weighted by atomic mass is 79.9. The normalized spacial score (nSPS) is 10.4. The van der Waals surface area contributed by atoms with Gasteiger partial charge in [-0.15, -0.1) is 11.6 Å². The zero-order valence-corrected chi connectivity index (χ0v) is 10.9. The van der Waals surface area contributed by atoms with Crippen LogP contribution in [-0.2, 0) is 5.88 Å². The van der Waals surface area contributed by atoms with E-state index in [9.17, 15) is 0 Å². The maximum atomic E-state index is 5.65. The minimum absolute atomic E-state index is 0.348. The van der Waals surface area contributed by atoms with Crippen molar-refractivity contribution >= 4 is 27.5 Å². The van der Waals surface area contributed by atoms with Crippen molar-refractivity contribution in [3.63, 3.8) is 0 Å². The van der Waals surface area contributed by atoms with Gasteiger partial charge >= 0.3 is 0 Å². The van der Waals surface area contributed by atoms with E-state index in [4.69, 9.17) is 20.8 Å². The van der Waals surface area contributed by atoms with Crippen LogP contribution in [0.2, 0.25) is 0 Å². The fourth-order valence-corrected chi connectivity index (χ4v) is 1.96. The van der Waals surface area contributed by atoms with Crippen molar-refractivity contribution in [3.8, 4) is 17.2 Å². The first-order chi connectivity index (χ1) is 7.74. The van der Waals surface area contributed by atoms with Crippen molar-refractivity contribution in [2.45, 2.75) is 5.88 Å². The standard InChI is InChI=1S/C11H9BrClNO2/c1-15-10-3-2-7(4-9(10)12)11-14-8(5-13)6-16-11/h2-4,6H,5H2,1H3. The Morgan fingerprint density at radius 2 is 2.31 bits per heavy atom. The Kier molecular flexibility index (Phi) is 3.51. The lowest BCUT2D eigenvalue weighted by molar-refractivity contribution is 0.412. The van der Waals surface area contributed by atoms with Crippen LogP contribution in [0.1, 0.15) is 5.69 Å². The van der Waals surface area contributed by atoms with E-state index in [1.165, 1.54) is 0 Å². The Morgan fingerprint density at radius 3 is 2.88 bits per heavy atom. The van der Waals surface area contributed by atoms with Crippen LogP contribution in [0.4, 0.5) is 0 Å². The highest BCUT2D eigenvalue weighted by molar-refractivity contribution is 9.10. The number of rotatable bonds is 3. The van der Waals surface area contributed by atoms with Gasteiger partial charge in [0.1, 0.15) is 12.0 Å². The molecule has 0 saturated heterocycles. The van der Waals surface area contributed by atoms with E-state index in [2.05, 4.69) is 20.9 Å². The molecule has 0 saturated carbocycles. The quantitative estimate of drug-likeness (QED) is 0.808. The third-order valence-electron chi connectivity index (χ3n) is 2.09. The number of hydrogen-bond acceptors (Lipinski definition) is 3. The summed E-state index contributed by atoms with van der Waals surface area (Å²) in [6.45, 7) is 0. The summed E-state index contributed by atoms with van der Waals surface area (Å²) in [7, 11) is 1.62. The summed E-state index contributed by atoms with van der Waals surface area (Å²) in [6.07, 6.45) is 1.56. The van der Waals surface area contributed by atoms with Crippen molar-refractivity contribution < 1.29 is 9.15 Å². The zero-order chi connectivity index (χ0) is 11.5. The smallest absolute Gasteiger partial charge is 0.226 e. The molecule has 0 bridgehead atoms. The summed E-state index contributed by atoms with van der Waals surface area (Å²) in [5.41, 5.74) is 1.60. The molecule has 0 amide bonds. The lowest BCUT2D eigenvalue weighted by Crippen LogP contribution is -1.85. The van der Waals surface area contributed by atoms with Crippen LogP contribution in [0, 0.1) is 0 Å². The Labute approximate surface area is 107 Å². The van der Waals surface area contributed by atoms with Crippen LogP contribution in [0.5, 0.6) is 5.75 Å². The van der Waals surface area contributed by atoms with Gasteiger partial charge in [-0.1, -0.05) is 0 Å². The van der Waals surface area contributed by atoms with Crippen molar-refractivity contribution in [2.75, 3.05) is 7.11 Å². The number of aromatic nitrogens is 1. The van der Waals surface area contributed by atoms with Gasteiger partial charge in [-0.3, -0.25) is 0 Å². The van der Waals surface area contributed by atoms with Gasteiger partial charge in [0.05, 0.1) is 23.2 Å². The molecule has 0 fully saturated rings. The summed E-state index contributed by atoms with van der Waals surface area (Å²) < 4.78 is 11.3. The van der Waals surface area contributed by atoms with Crippen molar-refractivity contribution in [1.82, 2.24) is 4.98 Å². The van der Waals surface area contributed by atoms with E-state index in [0.717, 1.165) is 21.5 Å². The van der Waals surface area contributed by atoms with Gasteiger partial charge < -0.3 is 9.15 Å². The van der Waals surface area contributed by atoms with E-state index >= 15 is 0 Å². The molecule has 0 N–H and O–H groups in total. The molecule has 0 unspecified atom stereocenters. The van der Waals surface area contributed by atoms with Gasteiger partial charge in [0.15, 0.2) is 0 Å². The molecule has 0 aliphatic heterocycles. The molecule has 16 heavy (non-hydrogen) atoms. The van der Waals surface area contributed by atoms with Crippen LogP contribution in [0.25, 0.3) is 11.5 Å². The van der Waals surface area contributed by atoms with E-state index in [1.54, 1.807) is 13.4 Å². The Hall–Kier alpha value is -1.00. The number of ether oxygens (including phenoxy) is 1. The lowest BCUT2D eigenvalue weighted by atomic mass is 10.2. The van der Waals surface area contributed by atoms with Crippen LogP contribution in [0.3, 0.4) is 0 Å². The minimum Gasteiger partial charge on any atom is -0.496 e. The topological polar surface area (TPSA) is 35.3 Å². The highest BCUT2D eigenvalue weighted by Crippen LogP contribution is 2.30. The largest absolute Gasteiger partial charge is 0.496 e. The minimum atomic E-state index is 0.348. The molecule has 1 heterocycles. The summed E-state index contributed by atoms with van der Waals surface area (Å²) in [4.78, 5) is 4.24. The molecule has 5 heteroatoms. The summed E-state index contributed by atoms with van der Waals surface area (Å²) >= 11 is 9.06. The molecule has 0 spiro atoms. The maximum Gasteiger partial charge on any atom is 0.226 e.